The van der Waals surface area contributed by atoms with E-state index in [2.05, 4.69) is 72.5 Å². The molecule has 1 fully saturated rings. The molecule has 0 aliphatic carbocycles. The van der Waals surface area contributed by atoms with Gasteiger partial charge in [-0.1, -0.05) is 43.7 Å². The van der Waals surface area contributed by atoms with Gasteiger partial charge in [0.05, 0.1) is 25.4 Å². The minimum atomic E-state index is -0.869. The predicted octanol–water partition coefficient (Wildman–Crippen LogP) is 2.53. The van der Waals surface area contributed by atoms with Crippen LogP contribution in [0.3, 0.4) is 0 Å². The number of aliphatic imine (C=N–C) groups is 1. The number of hydrogen-bond acceptors (Lipinski definition) is 4. The van der Waals surface area contributed by atoms with E-state index >= 15 is 0 Å². The molecule has 1 aliphatic rings. The maximum Gasteiger partial charge on any atom is 0.191 e. The van der Waals surface area contributed by atoms with Crippen molar-refractivity contribution >= 4 is 29.9 Å². The molecule has 1 aromatic rings. The summed E-state index contributed by atoms with van der Waals surface area (Å²) in [5.41, 5.74) is 1.67. The van der Waals surface area contributed by atoms with Crippen LogP contribution in [0.25, 0.3) is 0 Å². The quantitative estimate of drug-likeness (QED) is 0.281. The number of aryl methyl sites for hydroxylation is 1. The first-order valence-electron chi connectivity index (χ1n) is 10.3. The molecule has 0 bridgehead atoms. The van der Waals surface area contributed by atoms with Crippen molar-refractivity contribution in [2.24, 2.45) is 4.99 Å². The number of guanidine groups is 1. The SMILES string of the molecule is CCNC(=NCC(C)(O)CN1CCOCC1)NCC(C)(C)c1cccc(C)c1.I. The number of aliphatic hydroxyl groups is 1. The van der Waals surface area contributed by atoms with Crippen LogP contribution >= 0.6 is 24.0 Å². The minimum Gasteiger partial charge on any atom is -0.387 e. The average molecular weight is 518 g/mol. The molecule has 0 radical (unpaired) electrons. The van der Waals surface area contributed by atoms with E-state index in [9.17, 15) is 5.11 Å². The Hall–Kier alpha value is -0.900. The number of β-amino-alcohol motifs (C(OH)–C–C–N with tert-alkyl or cyclic N) is 1. The van der Waals surface area contributed by atoms with Crippen LogP contribution in [0.2, 0.25) is 0 Å². The fourth-order valence-corrected chi connectivity index (χ4v) is 3.35. The van der Waals surface area contributed by atoms with Gasteiger partial charge in [0, 0.05) is 38.1 Å². The van der Waals surface area contributed by atoms with Gasteiger partial charge in [-0.15, -0.1) is 24.0 Å². The third-order valence-electron chi connectivity index (χ3n) is 5.09. The van der Waals surface area contributed by atoms with E-state index in [-0.39, 0.29) is 29.4 Å². The normalized spacial score (nSPS) is 17.9. The van der Waals surface area contributed by atoms with E-state index in [0.717, 1.165) is 45.4 Å². The molecule has 6 nitrogen and oxygen atoms in total. The van der Waals surface area contributed by atoms with Crippen molar-refractivity contribution in [2.45, 2.75) is 45.6 Å². The number of nitrogens with one attached hydrogen (secondary N) is 2. The van der Waals surface area contributed by atoms with Crippen molar-refractivity contribution in [3.63, 3.8) is 0 Å². The van der Waals surface area contributed by atoms with Gasteiger partial charge in [0.25, 0.3) is 0 Å². The Labute approximate surface area is 193 Å². The summed E-state index contributed by atoms with van der Waals surface area (Å²) in [6.45, 7) is 16.2. The average Bonchev–Trinajstić information content (AvgIpc) is 2.64. The lowest BCUT2D eigenvalue weighted by molar-refractivity contribution is -0.0179. The standard InChI is InChI=1S/C22H38N4O2.HI/c1-6-23-20(24-15-21(3,4)19-9-7-8-18(2)14-19)25-16-22(5,27)17-26-10-12-28-13-11-26;/h7-9,14,27H,6,10-13,15-17H2,1-5H3,(H2,23,24,25);1H. The first kappa shape index (κ1) is 26.1. The summed E-state index contributed by atoms with van der Waals surface area (Å²) < 4.78 is 5.38. The van der Waals surface area contributed by atoms with Crippen LogP contribution in [0.15, 0.2) is 29.3 Å². The van der Waals surface area contributed by atoms with Crippen molar-refractivity contribution in [1.29, 1.82) is 0 Å². The Morgan fingerprint density at radius 1 is 1.21 bits per heavy atom. The number of halogens is 1. The second-order valence-electron chi connectivity index (χ2n) is 8.69. The highest BCUT2D eigenvalue weighted by molar-refractivity contribution is 14.0. The summed E-state index contributed by atoms with van der Waals surface area (Å²) in [6, 6.07) is 8.63. The second kappa shape index (κ2) is 12.1. The van der Waals surface area contributed by atoms with Gasteiger partial charge in [-0.25, -0.2) is 0 Å². The molecular weight excluding hydrogens is 479 g/mol. The van der Waals surface area contributed by atoms with Gasteiger partial charge < -0.3 is 20.5 Å². The molecule has 1 aliphatic heterocycles. The number of benzene rings is 1. The van der Waals surface area contributed by atoms with Gasteiger partial charge in [0.15, 0.2) is 5.96 Å². The lowest BCUT2D eigenvalue weighted by Crippen LogP contribution is -2.48. The first-order valence-corrected chi connectivity index (χ1v) is 10.3. The predicted molar refractivity (Wildman–Crippen MR) is 131 cm³/mol. The van der Waals surface area contributed by atoms with Gasteiger partial charge in [-0.05, 0) is 26.3 Å². The zero-order valence-electron chi connectivity index (χ0n) is 18.6. The van der Waals surface area contributed by atoms with Crippen LogP contribution in [0.1, 0.15) is 38.8 Å². The molecule has 1 heterocycles. The van der Waals surface area contributed by atoms with Crippen LogP contribution in [0.4, 0.5) is 0 Å². The van der Waals surface area contributed by atoms with Gasteiger partial charge in [0.1, 0.15) is 0 Å². The Kier molecular flexibility index (Phi) is 10.9. The van der Waals surface area contributed by atoms with Crippen molar-refractivity contribution in [3.8, 4) is 0 Å². The molecule has 7 heteroatoms. The van der Waals surface area contributed by atoms with Gasteiger partial charge in [-0.3, -0.25) is 9.89 Å². The van der Waals surface area contributed by atoms with E-state index in [1.807, 2.05) is 6.92 Å². The molecule has 0 amide bonds. The maximum atomic E-state index is 10.8. The lowest BCUT2D eigenvalue weighted by atomic mass is 9.84. The van der Waals surface area contributed by atoms with E-state index in [4.69, 9.17) is 4.74 Å². The van der Waals surface area contributed by atoms with Crippen LogP contribution < -0.4 is 10.6 Å². The van der Waals surface area contributed by atoms with Gasteiger partial charge in [0.2, 0.25) is 0 Å². The summed E-state index contributed by atoms with van der Waals surface area (Å²) in [6.07, 6.45) is 0. The summed E-state index contributed by atoms with van der Waals surface area (Å²) in [4.78, 5) is 6.89. The summed E-state index contributed by atoms with van der Waals surface area (Å²) >= 11 is 0. The molecule has 0 aromatic heterocycles. The molecule has 2 rings (SSSR count). The molecule has 3 N–H and O–H groups in total. The highest BCUT2D eigenvalue weighted by atomic mass is 127. The molecule has 1 atom stereocenters. The van der Waals surface area contributed by atoms with Crippen LogP contribution in [0.5, 0.6) is 0 Å². The molecule has 1 unspecified atom stereocenters. The van der Waals surface area contributed by atoms with E-state index in [1.54, 1.807) is 0 Å². The molecule has 0 saturated carbocycles. The van der Waals surface area contributed by atoms with E-state index in [0.29, 0.717) is 13.1 Å². The smallest absolute Gasteiger partial charge is 0.191 e. The van der Waals surface area contributed by atoms with Crippen LogP contribution in [-0.4, -0.2) is 74.0 Å². The zero-order valence-corrected chi connectivity index (χ0v) is 21.0. The Morgan fingerprint density at radius 2 is 1.90 bits per heavy atom. The number of ether oxygens (including phenoxy) is 1. The molecule has 1 aromatic carbocycles. The lowest BCUT2D eigenvalue weighted by Gasteiger charge is -2.33. The number of morpholine rings is 1. The zero-order chi connectivity index (χ0) is 20.6. The topological polar surface area (TPSA) is 69.1 Å². The number of hydrogen-bond donors (Lipinski definition) is 3. The first-order chi connectivity index (χ1) is 13.2. The minimum absolute atomic E-state index is 0. The van der Waals surface area contributed by atoms with Crippen molar-refractivity contribution in [3.05, 3.63) is 35.4 Å². The second-order valence-corrected chi connectivity index (χ2v) is 8.69. The molecule has 0 spiro atoms. The third-order valence-corrected chi connectivity index (χ3v) is 5.09. The van der Waals surface area contributed by atoms with Crippen LogP contribution in [0, 0.1) is 6.92 Å². The Balaban J connectivity index is 0.00000420. The van der Waals surface area contributed by atoms with Gasteiger partial charge >= 0.3 is 0 Å². The van der Waals surface area contributed by atoms with E-state index < -0.39 is 5.60 Å². The third kappa shape index (κ3) is 9.19. The monoisotopic (exact) mass is 518 g/mol. The highest BCUT2D eigenvalue weighted by Crippen LogP contribution is 2.23. The Bertz CT molecular complexity index is 643. The molecule has 29 heavy (non-hydrogen) atoms. The molecule has 1 saturated heterocycles. The van der Waals surface area contributed by atoms with Gasteiger partial charge in [-0.2, -0.15) is 0 Å². The van der Waals surface area contributed by atoms with Crippen LogP contribution in [-0.2, 0) is 10.2 Å². The molecular formula is C22H39IN4O2. The fraction of sp³-hybridized carbons (Fsp3) is 0.682. The number of nitrogens with zero attached hydrogens (tertiary/aromatic N) is 2. The summed E-state index contributed by atoms with van der Waals surface area (Å²) in [5, 5.41) is 17.5. The highest BCUT2D eigenvalue weighted by Gasteiger charge is 2.26. The van der Waals surface area contributed by atoms with Crippen molar-refractivity contribution in [2.75, 3.05) is 52.5 Å². The summed E-state index contributed by atoms with van der Waals surface area (Å²) in [7, 11) is 0. The fourth-order valence-electron chi connectivity index (χ4n) is 3.35. The maximum absolute atomic E-state index is 10.8. The molecule has 166 valence electrons. The number of rotatable bonds is 8. The van der Waals surface area contributed by atoms with Crippen molar-refractivity contribution in [1.82, 2.24) is 15.5 Å². The van der Waals surface area contributed by atoms with Crippen molar-refractivity contribution < 1.29 is 9.84 Å². The Morgan fingerprint density at radius 3 is 2.52 bits per heavy atom. The summed E-state index contributed by atoms with van der Waals surface area (Å²) in [5.74, 6) is 0.741. The largest absolute Gasteiger partial charge is 0.387 e. The van der Waals surface area contributed by atoms with E-state index in [1.165, 1.54) is 11.1 Å².